The van der Waals surface area contributed by atoms with Gasteiger partial charge < -0.3 is 10.2 Å². The van der Waals surface area contributed by atoms with Crippen LogP contribution in [0.4, 0.5) is 0 Å². The van der Waals surface area contributed by atoms with Gasteiger partial charge in [0.1, 0.15) is 5.75 Å². The summed E-state index contributed by atoms with van der Waals surface area (Å²) in [6.07, 6.45) is -0.141. The maximum Gasteiger partial charge on any atom is 0.307 e. The molecule has 2 aromatic rings. The number of rotatable bonds is 5. The van der Waals surface area contributed by atoms with Gasteiger partial charge >= 0.3 is 5.97 Å². The minimum absolute atomic E-state index is 0.0779. The Bertz CT molecular complexity index is 731. The van der Waals surface area contributed by atoms with Crippen molar-refractivity contribution >= 4 is 15.8 Å². The first-order chi connectivity index (χ1) is 9.87. The lowest BCUT2D eigenvalue weighted by molar-refractivity contribution is -0.136. The van der Waals surface area contributed by atoms with E-state index in [1.807, 2.05) is 0 Å². The summed E-state index contributed by atoms with van der Waals surface area (Å²) in [6, 6.07) is 11.8. The molecule has 2 N–H and O–H groups in total. The number of carboxylic acid groups (broad SMARTS) is 1. The highest BCUT2D eigenvalue weighted by Gasteiger charge is 2.15. The highest BCUT2D eigenvalue weighted by molar-refractivity contribution is 7.90. The van der Waals surface area contributed by atoms with Gasteiger partial charge in [0.25, 0.3) is 0 Å². The van der Waals surface area contributed by atoms with Crippen LogP contribution in [0.5, 0.6) is 5.75 Å². The molecule has 0 saturated heterocycles. The van der Waals surface area contributed by atoms with Gasteiger partial charge in [-0.05, 0) is 35.4 Å². The van der Waals surface area contributed by atoms with E-state index in [0.29, 0.717) is 11.1 Å². The van der Waals surface area contributed by atoms with Gasteiger partial charge in [-0.15, -0.1) is 0 Å². The van der Waals surface area contributed by atoms with Crippen molar-refractivity contribution in [3.8, 4) is 5.75 Å². The van der Waals surface area contributed by atoms with Gasteiger partial charge in [0.05, 0.1) is 17.1 Å². The van der Waals surface area contributed by atoms with Crippen LogP contribution in [0.15, 0.2) is 53.4 Å². The number of sulfone groups is 1. The van der Waals surface area contributed by atoms with Gasteiger partial charge in [-0.1, -0.05) is 24.3 Å². The Morgan fingerprint density at radius 2 is 1.43 bits per heavy atom. The fourth-order valence-electron chi connectivity index (χ4n) is 1.88. The van der Waals surface area contributed by atoms with Crippen LogP contribution in [0.3, 0.4) is 0 Å². The number of phenolic OH excluding ortho intramolecular Hbond substituents is 1. The van der Waals surface area contributed by atoms with Gasteiger partial charge in [0.2, 0.25) is 0 Å². The SMILES string of the molecule is O=C(O)Cc1ccc(S(=O)(=O)Cc2ccc(O)cc2)cc1. The molecule has 0 saturated carbocycles. The molecule has 2 rings (SSSR count). The lowest BCUT2D eigenvalue weighted by Gasteiger charge is -2.06. The van der Waals surface area contributed by atoms with Crippen molar-refractivity contribution in [3.63, 3.8) is 0 Å². The molecule has 0 aromatic heterocycles. The molecular weight excluding hydrogens is 292 g/mol. The van der Waals surface area contributed by atoms with Crippen molar-refractivity contribution in [3.05, 3.63) is 59.7 Å². The minimum Gasteiger partial charge on any atom is -0.508 e. The molecule has 0 aliphatic carbocycles. The predicted molar refractivity (Wildman–Crippen MR) is 76.8 cm³/mol. The lowest BCUT2D eigenvalue weighted by Crippen LogP contribution is -2.06. The average molecular weight is 306 g/mol. The van der Waals surface area contributed by atoms with Crippen LogP contribution in [0.2, 0.25) is 0 Å². The summed E-state index contributed by atoms with van der Waals surface area (Å²) in [6.45, 7) is 0. The molecule has 0 unspecified atom stereocenters. The Morgan fingerprint density at radius 3 is 1.95 bits per heavy atom. The van der Waals surface area contributed by atoms with E-state index in [4.69, 9.17) is 5.11 Å². The fraction of sp³-hybridized carbons (Fsp3) is 0.133. The van der Waals surface area contributed by atoms with Gasteiger partial charge in [0, 0.05) is 0 Å². The van der Waals surface area contributed by atoms with Crippen LogP contribution in [0, 0.1) is 0 Å². The van der Waals surface area contributed by atoms with Crippen LogP contribution in [-0.2, 0) is 26.8 Å². The molecule has 0 aliphatic rings. The Labute approximate surface area is 122 Å². The third-order valence-corrected chi connectivity index (χ3v) is 4.63. The second-order valence-electron chi connectivity index (χ2n) is 4.64. The van der Waals surface area contributed by atoms with E-state index in [-0.39, 0.29) is 22.8 Å². The number of phenols is 1. The predicted octanol–water partition coefficient (Wildman–Crippen LogP) is 1.99. The van der Waals surface area contributed by atoms with Crippen molar-refractivity contribution < 1.29 is 23.4 Å². The van der Waals surface area contributed by atoms with Crippen LogP contribution in [0.1, 0.15) is 11.1 Å². The summed E-state index contributed by atoms with van der Waals surface area (Å²) in [5.74, 6) is -1.06. The third kappa shape index (κ3) is 4.06. The number of carboxylic acids is 1. The molecule has 0 bridgehead atoms. The van der Waals surface area contributed by atoms with Crippen molar-refractivity contribution in [2.45, 2.75) is 17.1 Å². The summed E-state index contributed by atoms with van der Waals surface area (Å²) in [7, 11) is -3.50. The van der Waals surface area contributed by atoms with Crippen LogP contribution in [-0.4, -0.2) is 24.6 Å². The molecule has 0 fully saturated rings. The topological polar surface area (TPSA) is 91.7 Å². The van der Waals surface area contributed by atoms with Crippen molar-refractivity contribution in [2.24, 2.45) is 0 Å². The molecule has 2 aromatic carbocycles. The first kappa shape index (κ1) is 15.1. The Morgan fingerprint density at radius 1 is 0.905 bits per heavy atom. The molecule has 6 heteroatoms. The Kier molecular flexibility index (Phi) is 4.28. The second-order valence-corrected chi connectivity index (χ2v) is 6.63. The number of benzene rings is 2. The van der Waals surface area contributed by atoms with Crippen molar-refractivity contribution in [1.29, 1.82) is 0 Å². The molecule has 0 heterocycles. The van der Waals surface area contributed by atoms with E-state index >= 15 is 0 Å². The molecule has 110 valence electrons. The molecule has 0 spiro atoms. The van der Waals surface area contributed by atoms with Crippen molar-refractivity contribution in [2.75, 3.05) is 0 Å². The van der Waals surface area contributed by atoms with Crippen LogP contribution in [0.25, 0.3) is 0 Å². The van der Waals surface area contributed by atoms with E-state index < -0.39 is 15.8 Å². The second kappa shape index (κ2) is 5.97. The molecule has 0 radical (unpaired) electrons. The lowest BCUT2D eigenvalue weighted by atomic mass is 10.2. The maximum absolute atomic E-state index is 12.2. The summed E-state index contributed by atoms with van der Waals surface area (Å²) in [5.41, 5.74) is 1.12. The Balaban J connectivity index is 2.19. The quantitative estimate of drug-likeness (QED) is 0.881. The Hall–Kier alpha value is -2.34. The molecular formula is C15H14O5S. The standard InChI is InChI=1S/C15H14O5S/c16-13-5-1-12(2-6-13)10-21(19,20)14-7-3-11(4-8-14)9-15(17)18/h1-8,16H,9-10H2,(H,17,18). The van der Waals surface area contributed by atoms with E-state index in [1.165, 1.54) is 36.4 Å². The summed E-state index contributed by atoms with van der Waals surface area (Å²) >= 11 is 0. The molecule has 5 nitrogen and oxygen atoms in total. The first-order valence-electron chi connectivity index (χ1n) is 6.18. The summed E-state index contributed by atoms with van der Waals surface area (Å²) in [5, 5.41) is 17.9. The van der Waals surface area contributed by atoms with Gasteiger partial charge in [0.15, 0.2) is 9.84 Å². The third-order valence-electron chi connectivity index (χ3n) is 2.93. The average Bonchev–Trinajstić information content (AvgIpc) is 2.41. The zero-order valence-electron chi connectivity index (χ0n) is 11.1. The van der Waals surface area contributed by atoms with Crippen LogP contribution >= 0.6 is 0 Å². The van der Waals surface area contributed by atoms with Crippen molar-refractivity contribution in [1.82, 2.24) is 0 Å². The van der Waals surface area contributed by atoms with E-state index in [0.717, 1.165) is 0 Å². The monoisotopic (exact) mass is 306 g/mol. The maximum atomic E-state index is 12.2. The van der Waals surface area contributed by atoms with Gasteiger partial charge in [-0.25, -0.2) is 8.42 Å². The smallest absolute Gasteiger partial charge is 0.307 e. The zero-order chi connectivity index (χ0) is 15.5. The summed E-state index contributed by atoms with van der Waals surface area (Å²) in [4.78, 5) is 10.7. The van der Waals surface area contributed by atoms with E-state index in [9.17, 15) is 18.3 Å². The fourth-order valence-corrected chi connectivity index (χ4v) is 3.23. The highest BCUT2D eigenvalue weighted by Crippen LogP contribution is 2.19. The number of hydrogen-bond acceptors (Lipinski definition) is 4. The van der Waals surface area contributed by atoms with Crippen LogP contribution < -0.4 is 0 Å². The van der Waals surface area contributed by atoms with Gasteiger partial charge in [-0.2, -0.15) is 0 Å². The first-order valence-corrected chi connectivity index (χ1v) is 7.83. The molecule has 0 amide bonds. The number of aromatic hydroxyl groups is 1. The number of carbonyl (C=O) groups is 1. The number of aliphatic carboxylic acids is 1. The highest BCUT2D eigenvalue weighted by atomic mass is 32.2. The van der Waals surface area contributed by atoms with E-state index in [1.54, 1.807) is 12.1 Å². The van der Waals surface area contributed by atoms with E-state index in [2.05, 4.69) is 0 Å². The van der Waals surface area contributed by atoms with Gasteiger partial charge in [-0.3, -0.25) is 4.79 Å². The molecule has 0 atom stereocenters. The minimum atomic E-state index is -3.50. The molecule has 0 aliphatic heterocycles. The largest absolute Gasteiger partial charge is 0.508 e. The molecule has 21 heavy (non-hydrogen) atoms. The number of hydrogen-bond donors (Lipinski definition) is 2. The summed E-state index contributed by atoms with van der Waals surface area (Å²) < 4.78 is 24.5. The normalized spacial score (nSPS) is 11.2. The zero-order valence-corrected chi connectivity index (χ0v) is 11.9.